The number of halogens is 1. The van der Waals surface area contributed by atoms with Crippen molar-refractivity contribution in [3.05, 3.63) is 119 Å². The lowest BCUT2D eigenvalue weighted by atomic mass is 10.0. The molecule has 3 aromatic carbocycles. The van der Waals surface area contributed by atoms with Gasteiger partial charge in [0.15, 0.2) is 0 Å². The summed E-state index contributed by atoms with van der Waals surface area (Å²) >= 11 is 3.49. The average Bonchev–Trinajstić information content (AvgIpc) is 2.70. The summed E-state index contributed by atoms with van der Waals surface area (Å²) in [6, 6.07) is 25.3. The van der Waals surface area contributed by atoms with E-state index in [4.69, 9.17) is 0 Å². The van der Waals surface area contributed by atoms with Gasteiger partial charge in [0.05, 0.1) is 0 Å². The molecule has 0 fully saturated rings. The molecule has 0 saturated carbocycles. The van der Waals surface area contributed by atoms with Gasteiger partial charge in [-0.2, -0.15) is 0 Å². The fraction of sp³-hybridized carbons (Fsp3) is 0.0769. The van der Waals surface area contributed by atoms with Crippen LogP contribution in [0.1, 0.15) is 18.1 Å². The van der Waals surface area contributed by atoms with Crippen molar-refractivity contribution >= 4 is 27.3 Å². The first-order valence-electron chi connectivity index (χ1n) is 9.21. The van der Waals surface area contributed by atoms with Gasteiger partial charge in [0.25, 0.3) is 0 Å². The maximum absolute atomic E-state index is 4.40. The van der Waals surface area contributed by atoms with Crippen molar-refractivity contribution in [2.75, 3.05) is 4.90 Å². The molecular weight excluding hydrogens is 406 g/mol. The summed E-state index contributed by atoms with van der Waals surface area (Å²) < 4.78 is 1.08. The number of rotatable bonds is 6. The van der Waals surface area contributed by atoms with E-state index < -0.39 is 0 Å². The Hall–Kier alpha value is -2.84. The van der Waals surface area contributed by atoms with Crippen LogP contribution in [0.2, 0.25) is 0 Å². The van der Waals surface area contributed by atoms with Crippen LogP contribution in [0.25, 0.3) is 16.8 Å². The van der Waals surface area contributed by atoms with E-state index in [0.29, 0.717) is 0 Å². The Labute approximate surface area is 176 Å². The summed E-state index contributed by atoms with van der Waals surface area (Å²) in [6.07, 6.45) is 3.82. The van der Waals surface area contributed by atoms with Crippen LogP contribution in [0, 0.1) is 6.92 Å². The molecule has 0 atom stereocenters. The molecule has 0 saturated heterocycles. The van der Waals surface area contributed by atoms with Crippen molar-refractivity contribution in [2.24, 2.45) is 0 Å². The predicted molar refractivity (Wildman–Crippen MR) is 126 cm³/mol. The monoisotopic (exact) mass is 429 g/mol. The van der Waals surface area contributed by atoms with E-state index in [1.54, 1.807) is 0 Å². The van der Waals surface area contributed by atoms with E-state index in [1.807, 2.05) is 12.2 Å². The fourth-order valence-electron chi connectivity index (χ4n) is 3.28. The second-order valence-electron chi connectivity index (χ2n) is 6.69. The third-order valence-electron chi connectivity index (χ3n) is 4.74. The zero-order valence-electron chi connectivity index (χ0n) is 16.3. The number of allylic oxidation sites excluding steroid dienone is 3. The minimum absolute atomic E-state index is 0.949. The smallest absolute Gasteiger partial charge is 0.0461 e. The maximum atomic E-state index is 4.40. The lowest BCUT2D eigenvalue weighted by Gasteiger charge is -2.29. The molecule has 0 unspecified atom stereocenters. The Kier molecular flexibility index (Phi) is 6.33. The SMILES string of the molecule is C=CC=C(C)N(C(=C)c1ccccc1C)c1ccc(-c2ccc(Br)cc2)cc1. The third kappa shape index (κ3) is 4.35. The van der Waals surface area contributed by atoms with Gasteiger partial charge in [-0.25, -0.2) is 0 Å². The Morgan fingerprint density at radius 1 is 0.893 bits per heavy atom. The number of hydrogen-bond donors (Lipinski definition) is 0. The van der Waals surface area contributed by atoms with Crippen LogP contribution in [-0.2, 0) is 0 Å². The largest absolute Gasteiger partial charge is 0.314 e. The van der Waals surface area contributed by atoms with E-state index in [-0.39, 0.29) is 0 Å². The van der Waals surface area contributed by atoms with Crippen molar-refractivity contribution in [1.82, 2.24) is 0 Å². The van der Waals surface area contributed by atoms with E-state index >= 15 is 0 Å². The Morgan fingerprint density at radius 3 is 2.04 bits per heavy atom. The van der Waals surface area contributed by atoms with Crippen LogP contribution in [0.3, 0.4) is 0 Å². The highest BCUT2D eigenvalue weighted by molar-refractivity contribution is 9.10. The van der Waals surface area contributed by atoms with Gasteiger partial charge in [0, 0.05) is 27.1 Å². The van der Waals surface area contributed by atoms with Gasteiger partial charge in [-0.3, -0.25) is 0 Å². The number of benzene rings is 3. The van der Waals surface area contributed by atoms with Gasteiger partial charge in [-0.15, -0.1) is 0 Å². The van der Waals surface area contributed by atoms with E-state index in [2.05, 4.69) is 121 Å². The van der Waals surface area contributed by atoms with Crippen molar-refractivity contribution in [2.45, 2.75) is 13.8 Å². The van der Waals surface area contributed by atoms with E-state index in [1.165, 1.54) is 16.7 Å². The summed E-state index contributed by atoms with van der Waals surface area (Å²) in [5, 5.41) is 0. The summed E-state index contributed by atoms with van der Waals surface area (Å²) in [5.41, 5.74) is 7.81. The first kappa shape index (κ1) is 19.9. The Morgan fingerprint density at radius 2 is 1.46 bits per heavy atom. The van der Waals surface area contributed by atoms with Gasteiger partial charge in [-0.1, -0.05) is 83.7 Å². The number of hydrogen-bond acceptors (Lipinski definition) is 1. The second kappa shape index (κ2) is 8.90. The van der Waals surface area contributed by atoms with Crippen molar-refractivity contribution < 1.29 is 0 Å². The number of nitrogens with zero attached hydrogens (tertiary/aromatic N) is 1. The van der Waals surface area contributed by atoms with Crippen LogP contribution >= 0.6 is 15.9 Å². The Balaban J connectivity index is 2.00. The van der Waals surface area contributed by atoms with Crippen molar-refractivity contribution in [3.8, 4) is 11.1 Å². The normalized spacial score (nSPS) is 11.2. The van der Waals surface area contributed by atoms with Crippen LogP contribution in [0.15, 0.2) is 108 Å². The molecule has 28 heavy (non-hydrogen) atoms. The lowest BCUT2D eigenvalue weighted by molar-refractivity contribution is 1.16. The highest BCUT2D eigenvalue weighted by Gasteiger charge is 2.15. The van der Waals surface area contributed by atoms with Crippen LogP contribution in [0.5, 0.6) is 0 Å². The second-order valence-corrected chi connectivity index (χ2v) is 7.61. The first-order valence-corrected chi connectivity index (χ1v) is 10.0. The average molecular weight is 430 g/mol. The molecule has 0 aliphatic heterocycles. The summed E-state index contributed by atoms with van der Waals surface area (Å²) in [7, 11) is 0. The maximum Gasteiger partial charge on any atom is 0.0461 e. The molecule has 1 nitrogen and oxygen atoms in total. The molecule has 3 rings (SSSR count). The molecule has 3 aromatic rings. The van der Waals surface area contributed by atoms with Gasteiger partial charge >= 0.3 is 0 Å². The highest BCUT2D eigenvalue weighted by atomic mass is 79.9. The van der Waals surface area contributed by atoms with Gasteiger partial charge < -0.3 is 4.90 Å². The molecule has 0 N–H and O–H groups in total. The summed E-state index contributed by atoms with van der Waals surface area (Å²) in [5.74, 6) is 0. The lowest BCUT2D eigenvalue weighted by Crippen LogP contribution is -2.19. The van der Waals surface area contributed by atoms with Crippen LogP contribution in [-0.4, -0.2) is 0 Å². The van der Waals surface area contributed by atoms with Crippen molar-refractivity contribution in [3.63, 3.8) is 0 Å². The molecule has 0 heterocycles. The molecule has 140 valence electrons. The Bertz CT molecular complexity index is 1010. The molecule has 0 spiro atoms. The minimum atomic E-state index is 0.949. The molecule has 2 heteroatoms. The molecule has 0 aliphatic carbocycles. The van der Waals surface area contributed by atoms with Crippen molar-refractivity contribution in [1.29, 1.82) is 0 Å². The summed E-state index contributed by atoms with van der Waals surface area (Å²) in [4.78, 5) is 2.18. The summed E-state index contributed by atoms with van der Waals surface area (Å²) in [6.45, 7) is 12.4. The molecule has 0 radical (unpaired) electrons. The van der Waals surface area contributed by atoms with Gasteiger partial charge in [0.1, 0.15) is 0 Å². The third-order valence-corrected chi connectivity index (χ3v) is 5.27. The van der Waals surface area contributed by atoms with Crippen LogP contribution < -0.4 is 4.90 Å². The van der Waals surface area contributed by atoms with Gasteiger partial charge in [0.2, 0.25) is 0 Å². The quantitative estimate of drug-likeness (QED) is 0.358. The molecule has 0 bridgehead atoms. The topological polar surface area (TPSA) is 3.24 Å². The zero-order chi connectivity index (χ0) is 20.1. The predicted octanol–water partition coefficient (Wildman–Crippen LogP) is 7.99. The molecule has 0 aromatic heterocycles. The zero-order valence-corrected chi connectivity index (χ0v) is 17.9. The van der Waals surface area contributed by atoms with E-state index in [9.17, 15) is 0 Å². The minimum Gasteiger partial charge on any atom is -0.314 e. The van der Waals surface area contributed by atoms with Crippen LogP contribution in [0.4, 0.5) is 5.69 Å². The fourth-order valence-corrected chi connectivity index (χ4v) is 3.54. The number of anilines is 1. The number of aryl methyl sites for hydroxylation is 1. The first-order chi connectivity index (χ1) is 13.5. The molecular formula is C26H24BrN. The van der Waals surface area contributed by atoms with Gasteiger partial charge in [-0.05, 0) is 60.9 Å². The molecule has 0 amide bonds. The van der Waals surface area contributed by atoms with E-state index in [0.717, 1.165) is 27.1 Å². The standard InChI is InChI=1S/C26H24BrN/c1-5-8-20(3)28(21(4)26-10-7-6-9-19(26)2)25-17-13-23(14-18-25)22-11-15-24(27)16-12-22/h5-18H,1,4H2,2-3H3. The molecule has 0 aliphatic rings. The highest BCUT2D eigenvalue weighted by Crippen LogP contribution is 2.32.